The standard InChI is InChI=1S/C15H18ClN3O3/c1-8-4-5-9(6-10(8)16)18-14(21)19-11-7-22-13(20)12(11)15(2,3)17/h4-6H,7,17H2,1-3H3,(H2,18,19,21). The maximum Gasteiger partial charge on any atom is 0.338 e. The fourth-order valence-corrected chi connectivity index (χ4v) is 2.31. The number of esters is 1. The average Bonchev–Trinajstić information content (AvgIpc) is 2.74. The predicted molar refractivity (Wildman–Crippen MR) is 84.6 cm³/mol. The quantitative estimate of drug-likeness (QED) is 0.744. The Morgan fingerprint density at radius 3 is 2.64 bits per heavy atom. The molecule has 0 aromatic heterocycles. The number of benzene rings is 1. The zero-order valence-electron chi connectivity index (χ0n) is 12.6. The number of hydrogen-bond donors (Lipinski definition) is 3. The van der Waals surface area contributed by atoms with Gasteiger partial charge in [0.15, 0.2) is 0 Å². The van der Waals surface area contributed by atoms with Crippen LogP contribution in [0.4, 0.5) is 10.5 Å². The number of nitrogens with one attached hydrogen (secondary N) is 2. The lowest BCUT2D eigenvalue weighted by molar-refractivity contribution is -0.136. The lowest BCUT2D eigenvalue weighted by Gasteiger charge is -2.19. The smallest absolute Gasteiger partial charge is 0.338 e. The van der Waals surface area contributed by atoms with E-state index in [-0.39, 0.29) is 12.2 Å². The van der Waals surface area contributed by atoms with Crippen LogP contribution in [-0.4, -0.2) is 24.1 Å². The molecule has 0 saturated carbocycles. The molecule has 118 valence electrons. The van der Waals surface area contributed by atoms with Crippen molar-refractivity contribution in [1.29, 1.82) is 0 Å². The number of halogens is 1. The predicted octanol–water partition coefficient (Wildman–Crippen LogP) is 2.32. The van der Waals surface area contributed by atoms with Crippen LogP contribution < -0.4 is 16.4 Å². The molecule has 1 heterocycles. The van der Waals surface area contributed by atoms with Crippen LogP contribution in [0, 0.1) is 6.92 Å². The summed E-state index contributed by atoms with van der Waals surface area (Å²) in [7, 11) is 0. The molecule has 0 fully saturated rings. The maximum atomic E-state index is 12.0. The van der Waals surface area contributed by atoms with Crippen molar-refractivity contribution in [3.63, 3.8) is 0 Å². The van der Waals surface area contributed by atoms with E-state index in [0.29, 0.717) is 16.4 Å². The molecule has 22 heavy (non-hydrogen) atoms. The number of carbonyl (C=O) groups is 2. The highest BCUT2D eigenvalue weighted by atomic mass is 35.5. The van der Waals surface area contributed by atoms with Gasteiger partial charge in [0.2, 0.25) is 0 Å². The number of amides is 2. The number of cyclic esters (lactones) is 1. The second kappa shape index (κ2) is 5.98. The summed E-state index contributed by atoms with van der Waals surface area (Å²) in [5, 5.41) is 5.81. The van der Waals surface area contributed by atoms with Crippen LogP contribution in [-0.2, 0) is 9.53 Å². The van der Waals surface area contributed by atoms with Crippen LogP contribution in [0.2, 0.25) is 5.02 Å². The Balaban J connectivity index is 2.13. The highest BCUT2D eigenvalue weighted by Crippen LogP contribution is 2.24. The van der Waals surface area contributed by atoms with Crippen molar-refractivity contribution < 1.29 is 14.3 Å². The molecule has 0 atom stereocenters. The van der Waals surface area contributed by atoms with Gasteiger partial charge in [0.25, 0.3) is 0 Å². The summed E-state index contributed by atoms with van der Waals surface area (Å²) in [6.07, 6.45) is 0. The monoisotopic (exact) mass is 323 g/mol. The fraction of sp³-hybridized carbons (Fsp3) is 0.333. The Morgan fingerprint density at radius 2 is 2.05 bits per heavy atom. The Kier molecular flexibility index (Phi) is 4.44. The van der Waals surface area contributed by atoms with Crippen molar-refractivity contribution in [2.45, 2.75) is 26.3 Å². The zero-order valence-corrected chi connectivity index (χ0v) is 13.4. The highest BCUT2D eigenvalue weighted by molar-refractivity contribution is 6.31. The van der Waals surface area contributed by atoms with E-state index in [0.717, 1.165) is 5.56 Å². The number of aryl methyl sites for hydroxylation is 1. The molecule has 1 aliphatic heterocycles. The summed E-state index contributed by atoms with van der Waals surface area (Å²) < 4.78 is 4.93. The number of rotatable bonds is 3. The molecule has 2 rings (SSSR count). The van der Waals surface area contributed by atoms with Gasteiger partial charge in [0, 0.05) is 16.2 Å². The molecular formula is C15H18ClN3O3. The van der Waals surface area contributed by atoms with Gasteiger partial charge < -0.3 is 21.1 Å². The van der Waals surface area contributed by atoms with E-state index in [1.54, 1.807) is 32.0 Å². The number of urea groups is 1. The molecule has 0 unspecified atom stereocenters. The van der Waals surface area contributed by atoms with Crippen LogP contribution in [0.25, 0.3) is 0 Å². The minimum Gasteiger partial charge on any atom is -0.456 e. The third kappa shape index (κ3) is 3.58. The van der Waals surface area contributed by atoms with Crippen molar-refractivity contribution in [3.05, 3.63) is 40.1 Å². The Morgan fingerprint density at radius 1 is 1.36 bits per heavy atom. The van der Waals surface area contributed by atoms with Crippen molar-refractivity contribution >= 4 is 29.3 Å². The summed E-state index contributed by atoms with van der Waals surface area (Å²) in [6.45, 7) is 5.22. The first kappa shape index (κ1) is 16.3. The van der Waals surface area contributed by atoms with Crippen molar-refractivity contribution in [2.75, 3.05) is 11.9 Å². The summed E-state index contributed by atoms with van der Waals surface area (Å²) >= 11 is 6.01. The number of carbonyl (C=O) groups excluding carboxylic acids is 2. The molecule has 7 heteroatoms. The molecule has 4 N–H and O–H groups in total. The van der Waals surface area contributed by atoms with Gasteiger partial charge in [-0.2, -0.15) is 0 Å². The normalized spacial score (nSPS) is 14.9. The number of nitrogens with two attached hydrogens (primary N) is 1. The van der Waals surface area contributed by atoms with Gasteiger partial charge in [-0.05, 0) is 38.5 Å². The third-order valence-corrected chi connectivity index (χ3v) is 3.60. The summed E-state index contributed by atoms with van der Waals surface area (Å²) in [6, 6.07) is 4.69. The lowest BCUT2D eigenvalue weighted by Crippen LogP contribution is -2.40. The van der Waals surface area contributed by atoms with Gasteiger partial charge in [0.1, 0.15) is 6.61 Å². The molecule has 6 nitrogen and oxygen atoms in total. The van der Waals surface area contributed by atoms with Crippen molar-refractivity contribution in [3.8, 4) is 0 Å². The first-order valence-corrected chi connectivity index (χ1v) is 7.10. The van der Waals surface area contributed by atoms with E-state index in [4.69, 9.17) is 22.1 Å². The average molecular weight is 324 g/mol. The lowest BCUT2D eigenvalue weighted by atomic mass is 9.94. The van der Waals surface area contributed by atoms with E-state index in [9.17, 15) is 9.59 Å². The third-order valence-electron chi connectivity index (χ3n) is 3.19. The maximum absolute atomic E-state index is 12.0. The Bertz CT molecular complexity index is 662. The summed E-state index contributed by atoms with van der Waals surface area (Å²) in [5.41, 5.74) is 7.14. The molecule has 1 aromatic carbocycles. The largest absolute Gasteiger partial charge is 0.456 e. The van der Waals surface area contributed by atoms with E-state index in [1.165, 1.54) is 0 Å². The second-order valence-corrected chi connectivity index (χ2v) is 6.10. The topological polar surface area (TPSA) is 93.5 Å². The molecule has 2 amide bonds. The molecule has 1 aromatic rings. The SMILES string of the molecule is Cc1ccc(NC(=O)NC2=C(C(C)(C)N)C(=O)OC2)cc1Cl. The summed E-state index contributed by atoms with van der Waals surface area (Å²) in [4.78, 5) is 23.7. The van der Waals surface area contributed by atoms with Gasteiger partial charge in [0.05, 0.1) is 11.3 Å². The van der Waals surface area contributed by atoms with Crippen LogP contribution in [0.1, 0.15) is 19.4 Å². The molecule has 0 radical (unpaired) electrons. The van der Waals surface area contributed by atoms with E-state index < -0.39 is 17.5 Å². The van der Waals surface area contributed by atoms with Gasteiger partial charge in [-0.15, -0.1) is 0 Å². The minimum atomic E-state index is -0.899. The van der Waals surface area contributed by atoms with Crippen molar-refractivity contribution in [2.24, 2.45) is 5.73 Å². The molecular weight excluding hydrogens is 306 g/mol. The van der Waals surface area contributed by atoms with Crippen LogP contribution in [0.15, 0.2) is 29.5 Å². The van der Waals surface area contributed by atoms with Crippen LogP contribution in [0.5, 0.6) is 0 Å². The van der Waals surface area contributed by atoms with Crippen LogP contribution in [0.3, 0.4) is 0 Å². The Hall–Kier alpha value is -2.05. The number of hydrogen-bond acceptors (Lipinski definition) is 4. The van der Waals surface area contributed by atoms with E-state index in [2.05, 4.69) is 10.6 Å². The fourth-order valence-electron chi connectivity index (χ4n) is 2.13. The highest BCUT2D eigenvalue weighted by Gasteiger charge is 2.35. The van der Waals surface area contributed by atoms with E-state index in [1.807, 2.05) is 6.92 Å². The van der Waals surface area contributed by atoms with E-state index >= 15 is 0 Å². The molecule has 0 saturated heterocycles. The van der Waals surface area contributed by atoms with Crippen molar-refractivity contribution in [1.82, 2.24) is 5.32 Å². The Labute approximate surface area is 133 Å². The molecule has 1 aliphatic rings. The van der Waals surface area contributed by atoms with Gasteiger partial charge in [-0.25, -0.2) is 9.59 Å². The van der Waals surface area contributed by atoms with Gasteiger partial charge in [-0.3, -0.25) is 0 Å². The number of anilines is 1. The van der Waals surface area contributed by atoms with Gasteiger partial charge in [-0.1, -0.05) is 17.7 Å². The zero-order chi connectivity index (χ0) is 16.5. The number of ether oxygens (including phenoxy) is 1. The van der Waals surface area contributed by atoms with Crippen LogP contribution >= 0.6 is 11.6 Å². The first-order valence-electron chi connectivity index (χ1n) is 6.72. The second-order valence-electron chi connectivity index (χ2n) is 5.69. The molecule has 0 aliphatic carbocycles. The summed E-state index contributed by atoms with van der Waals surface area (Å²) in [5.74, 6) is -0.513. The van der Waals surface area contributed by atoms with Gasteiger partial charge >= 0.3 is 12.0 Å². The first-order chi connectivity index (χ1) is 10.2. The molecule has 0 spiro atoms. The minimum absolute atomic E-state index is 0.00310. The molecule has 0 bridgehead atoms.